The Morgan fingerprint density at radius 3 is 2.63 bits per heavy atom. The van der Waals surface area contributed by atoms with Gasteiger partial charge in [-0.1, -0.05) is 12.1 Å². The van der Waals surface area contributed by atoms with Crippen LogP contribution < -0.4 is 5.01 Å². The summed E-state index contributed by atoms with van der Waals surface area (Å²) in [4.78, 5) is 23.4. The number of carbonyl (C=O) groups is 1. The van der Waals surface area contributed by atoms with Gasteiger partial charge in [-0.15, -0.1) is 0 Å². The van der Waals surface area contributed by atoms with Crippen molar-refractivity contribution in [3.63, 3.8) is 0 Å². The molecule has 3 aromatic rings. The summed E-state index contributed by atoms with van der Waals surface area (Å²) in [6.07, 6.45) is 1.65. The summed E-state index contributed by atoms with van der Waals surface area (Å²) in [7, 11) is 0. The Balaban J connectivity index is 1.62. The number of carbonyl (C=O) groups excluding carboxylic acids is 1. The van der Waals surface area contributed by atoms with Crippen LogP contribution in [0.2, 0.25) is 0 Å². The SMILES string of the molecule is CC1=NN(c2cccc(C)c2)C(=O)/C1=C\c1ccc(-c2ccc([N+](=O)[O-])cc2Br)o1. The zero-order valence-corrected chi connectivity index (χ0v) is 17.7. The highest BCUT2D eigenvalue weighted by Crippen LogP contribution is 2.33. The van der Waals surface area contributed by atoms with E-state index in [0.717, 1.165) is 5.56 Å². The number of aryl methyl sites for hydroxylation is 1. The van der Waals surface area contributed by atoms with Gasteiger partial charge < -0.3 is 4.42 Å². The van der Waals surface area contributed by atoms with Gasteiger partial charge in [-0.05, 0) is 71.7 Å². The van der Waals surface area contributed by atoms with Crippen molar-refractivity contribution in [2.75, 3.05) is 5.01 Å². The van der Waals surface area contributed by atoms with Crippen molar-refractivity contribution in [1.29, 1.82) is 0 Å². The Kier molecular flexibility index (Phi) is 5.09. The molecule has 0 aliphatic carbocycles. The minimum Gasteiger partial charge on any atom is -0.457 e. The molecule has 8 heteroatoms. The molecule has 0 fully saturated rings. The molecule has 1 aliphatic rings. The van der Waals surface area contributed by atoms with Gasteiger partial charge in [-0.3, -0.25) is 14.9 Å². The lowest BCUT2D eigenvalue weighted by atomic mass is 10.1. The average Bonchev–Trinajstić information content (AvgIpc) is 3.28. The van der Waals surface area contributed by atoms with Crippen LogP contribution in [-0.2, 0) is 4.79 Å². The minimum absolute atomic E-state index is 0.0147. The molecule has 4 rings (SSSR count). The lowest BCUT2D eigenvalue weighted by molar-refractivity contribution is -0.384. The predicted molar refractivity (Wildman–Crippen MR) is 118 cm³/mol. The topological polar surface area (TPSA) is 89.0 Å². The van der Waals surface area contributed by atoms with E-state index in [1.165, 1.54) is 17.1 Å². The van der Waals surface area contributed by atoms with Crippen LogP contribution in [0.1, 0.15) is 18.2 Å². The highest BCUT2D eigenvalue weighted by atomic mass is 79.9. The molecule has 0 N–H and O–H groups in total. The number of nitrogens with zero attached hydrogens (tertiary/aromatic N) is 3. The van der Waals surface area contributed by atoms with E-state index in [-0.39, 0.29) is 11.6 Å². The highest BCUT2D eigenvalue weighted by Gasteiger charge is 2.29. The van der Waals surface area contributed by atoms with E-state index in [1.807, 2.05) is 31.2 Å². The fourth-order valence-electron chi connectivity index (χ4n) is 3.15. The van der Waals surface area contributed by atoms with E-state index in [9.17, 15) is 14.9 Å². The van der Waals surface area contributed by atoms with Crippen molar-refractivity contribution in [1.82, 2.24) is 0 Å². The first kappa shape index (κ1) is 19.8. The van der Waals surface area contributed by atoms with E-state index in [4.69, 9.17) is 4.42 Å². The average molecular weight is 466 g/mol. The molecule has 1 aromatic heterocycles. The second-order valence-electron chi connectivity index (χ2n) is 6.82. The summed E-state index contributed by atoms with van der Waals surface area (Å²) in [5, 5.41) is 16.7. The van der Waals surface area contributed by atoms with Crippen LogP contribution in [0.5, 0.6) is 0 Å². The Labute approximate surface area is 180 Å². The normalized spacial score (nSPS) is 15.0. The molecule has 30 heavy (non-hydrogen) atoms. The number of nitro groups is 1. The van der Waals surface area contributed by atoms with Gasteiger partial charge in [0.1, 0.15) is 11.5 Å². The Hall–Kier alpha value is -3.52. The van der Waals surface area contributed by atoms with Gasteiger partial charge in [0, 0.05) is 22.2 Å². The van der Waals surface area contributed by atoms with Gasteiger partial charge in [-0.2, -0.15) is 10.1 Å². The monoisotopic (exact) mass is 465 g/mol. The summed E-state index contributed by atoms with van der Waals surface area (Å²) in [6.45, 7) is 3.73. The number of halogens is 1. The Morgan fingerprint density at radius 2 is 1.93 bits per heavy atom. The standard InChI is InChI=1S/C22H16BrN3O4/c1-13-4-3-5-15(10-13)25-22(27)19(14(2)24-25)12-17-7-9-21(30-17)18-8-6-16(26(28)29)11-20(18)23/h3-12H,1-2H3/b19-12-. The number of rotatable bonds is 4. The van der Waals surface area contributed by atoms with Crippen molar-refractivity contribution in [3.05, 3.63) is 86.1 Å². The van der Waals surface area contributed by atoms with Crippen LogP contribution in [0, 0.1) is 17.0 Å². The summed E-state index contributed by atoms with van der Waals surface area (Å²) in [6, 6.07) is 15.5. The Morgan fingerprint density at radius 1 is 1.13 bits per heavy atom. The fraction of sp³-hybridized carbons (Fsp3) is 0.0909. The van der Waals surface area contributed by atoms with E-state index < -0.39 is 4.92 Å². The van der Waals surface area contributed by atoms with Gasteiger partial charge in [-0.25, -0.2) is 0 Å². The van der Waals surface area contributed by atoms with Crippen LogP contribution in [0.15, 0.2) is 74.2 Å². The third-order valence-electron chi connectivity index (χ3n) is 4.65. The van der Waals surface area contributed by atoms with Gasteiger partial charge in [0.25, 0.3) is 11.6 Å². The Bertz CT molecular complexity index is 1240. The second-order valence-corrected chi connectivity index (χ2v) is 7.68. The number of hydrazone groups is 1. The largest absolute Gasteiger partial charge is 0.457 e. The first-order chi connectivity index (χ1) is 14.3. The smallest absolute Gasteiger partial charge is 0.280 e. The molecule has 0 saturated carbocycles. The summed E-state index contributed by atoms with van der Waals surface area (Å²) >= 11 is 3.35. The number of non-ortho nitro benzene ring substituents is 1. The molecule has 1 aliphatic heterocycles. The summed E-state index contributed by atoms with van der Waals surface area (Å²) in [5.74, 6) is 0.783. The van der Waals surface area contributed by atoms with Crippen molar-refractivity contribution in [3.8, 4) is 11.3 Å². The second kappa shape index (κ2) is 7.72. The molecule has 0 saturated heterocycles. The number of furan rings is 1. The molecular formula is C22H16BrN3O4. The zero-order chi connectivity index (χ0) is 21.4. The highest BCUT2D eigenvalue weighted by molar-refractivity contribution is 9.10. The minimum atomic E-state index is -0.458. The summed E-state index contributed by atoms with van der Waals surface area (Å²) < 4.78 is 6.41. The lowest BCUT2D eigenvalue weighted by Crippen LogP contribution is -2.21. The molecule has 0 bridgehead atoms. The van der Waals surface area contributed by atoms with Crippen molar-refractivity contribution in [2.24, 2.45) is 5.10 Å². The molecule has 150 valence electrons. The van der Waals surface area contributed by atoms with E-state index in [1.54, 1.807) is 31.2 Å². The van der Waals surface area contributed by atoms with E-state index in [0.29, 0.717) is 38.5 Å². The number of benzene rings is 2. The van der Waals surface area contributed by atoms with Crippen LogP contribution >= 0.6 is 15.9 Å². The molecule has 0 unspecified atom stereocenters. The number of hydrogen-bond donors (Lipinski definition) is 0. The maximum absolute atomic E-state index is 12.9. The third-order valence-corrected chi connectivity index (χ3v) is 5.31. The van der Waals surface area contributed by atoms with Crippen LogP contribution in [0.25, 0.3) is 17.4 Å². The van der Waals surface area contributed by atoms with Gasteiger partial charge in [0.05, 0.1) is 21.9 Å². The molecule has 2 aromatic carbocycles. The van der Waals surface area contributed by atoms with Crippen LogP contribution in [-0.4, -0.2) is 16.5 Å². The zero-order valence-electron chi connectivity index (χ0n) is 16.1. The fourth-order valence-corrected chi connectivity index (χ4v) is 3.72. The van der Waals surface area contributed by atoms with Crippen LogP contribution in [0.4, 0.5) is 11.4 Å². The molecule has 0 spiro atoms. The molecule has 1 amide bonds. The lowest BCUT2D eigenvalue weighted by Gasteiger charge is -2.12. The number of amides is 1. The maximum atomic E-state index is 12.9. The van der Waals surface area contributed by atoms with E-state index in [2.05, 4.69) is 21.0 Å². The number of anilines is 1. The first-order valence-electron chi connectivity index (χ1n) is 9.06. The van der Waals surface area contributed by atoms with Crippen molar-refractivity contribution in [2.45, 2.75) is 13.8 Å². The van der Waals surface area contributed by atoms with Crippen molar-refractivity contribution < 1.29 is 14.1 Å². The van der Waals surface area contributed by atoms with Crippen molar-refractivity contribution >= 4 is 45.0 Å². The molecule has 2 heterocycles. The molecule has 0 atom stereocenters. The third kappa shape index (κ3) is 3.69. The number of hydrogen-bond acceptors (Lipinski definition) is 5. The molecule has 0 radical (unpaired) electrons. The van der Waals surface area contributed by atoms with Gasteiger partial charge in [0.2, 0.25) is 0 Å². The summed E-state index contributed by atoms with van der Waals surface area (Å²) in [5.41, 5.74) is 3.44. The van der Waals surface area contributed by atoms with Crippen LogP contribution in [0.3, 0.4) is 0 Å². The number of nitro benzene ring substituents is 1. The van der Waals surface area contributed by atoms with Gasteiger partial charge in [0.15, 0.2) is 0 Å². The quantitative estimate of drug-likeness (QED) is 0.279. The predicted octanol–water partition coefficient (Wildman–Crippen LogP) is 5.73. The molecule has 7 nitrogen and oxygen atoms in total. The maximum Gasteiger partial charge on any atom is 0.280 e. The van der Waals surface area contributed by atoms with Gasteiger partial charge >= 0.3 is 0 Å². The van der Waals surface area contributed by atoms with E-state index >= 15 is 0 Å². The first-order valence-corrected chi connectivity index (χ1v) is 9.85. The molecular weight excluding hydrogens is 450 g/mol.